The van der Waals surface area contributed by atoms with E-state index in [-0.39, 0.29) is 24.0 Å². The first kappa shape index (κ1) is 18.0. The number of amides is 3. The number of carbonyl (C=O) groups excluding carboxylic acids is 2. The van der Waals surface area contributed by atoms with E-state index >= 15 is 0 Å². The maximum atomic E-state index is 12.7. The summed E-state index contributed by atoms with van der Waals surface area (Å²) in [7, 11) is 0. The molecule has 2 aliphatic rings. The highest BCUT2D eigenvalue weighted by Gasteiger charge is 2.40. The van der Waals surface area contributed by atoms with E-state index in [1.807, 2.05) is 6.26 Å². The summed E-state index contributed by atoms with van der Waals surface area (Å²) in [6.45, 7) is 1.20. The Balaban J connectivity index is 1.55. The van der Waals surface area contributed by atoms with E-state index in [0.29, 0.717) is 13.1 Å². The van der Waals surface area contributed by atoms with Crippen molar-refractivity contribution in [3.63, 3.8) is 0 Å². The van der Waals surface area contributed by atoms with Crippen LogP contribution in [0.5, 0.6) is 0 Å². The van der Waals surface area contributed by atoms with E-state index in [1.165, 1.54) is 20.2 Å². The lowest BCUT2D eigenvalue weighted by Crippen LogP contribution is -2.46. The molecular weight excluding hydrogens is 386 g/mol. The van der Waals surface area contributed by atoms with Crippen LogP contribution in [0.4, 0.5) is 4.79 Å². The van der Waals surface area contributed by atoms with Crippen LogP contribution in [0.2, 0.25) is 0 Å². The molecule has 2 aromatic heterocycles. The monoisotopic (exact) mass is 407 g/mol. The molecule has 1 N–H and O–H groups in total. The Morgan fingerprint density at radius 2 is 2.15 bits per heavy atom. The average Bonchev–Trinajstić information content (AvgIpc) is 3.37. The highest BCUT2D eigenvalue weighted by atomic mass is 32.2. The molecule has 4 heterocycles. The molecule has 0 bridgehead atoms. The molecule has 1 fully saturated rings. The fourth-order valence-electron chi connectivity index (χ4n) is 3.62. The summed E-state index contributed by atoms with van der Waals surface area (Å²) in [4.78, 5) is 31.4. The Morgan fingerprint density at radius 3 is 2.92 bits per heavy atom. The lowest BCUT2D eigenvalue weighted by atomic mass is 9.99. The normalized spacial score (nSPS) is 23.3. The van der Waals surface area contributed by atoms with Crippen molar-refractivity contribution in [2.45, 2.75) is 24.9 Å². The molecule has 4 rings (SSSR count). The number of thioether (sulfide) groups is 1. The Bertz CT molecular complexity index is 789. The highest BCUT2D eigenvalue weighted by molar-refractivity contribution is 7.98. The van der Waals surface area contributed by atoms with E-state index in [0.717, 1.165) is 18.7 Å². The number of carbonyl (C=O) groups is 2. The number of nitrogens with zero attached hydrogens (tertiary/aromatic N) is 2. The standard InChI is InChI=1S/C18H21N3O2S3/c1-24-9-6-13-17(22)21(18(23)19-13)11-20-7-4-14-12(5-10-26-14)16(20)15-3-2-8-25-15/h2-3,5,8,10,13,16H,4,6-7,9,11H2,1H3,(H,19,23)/t13-,16-/m1/s1. The second-order valence-corrected chi connectivity index (χ2v) is 9.44. The zero-order chi connectivity index (χ0) is 18.1. The van der Waals surface area contributed by atoms with Crippen LogP contribution in [-0.2, 0) is 11.2 Å². The molecule has 0 spiro atoms. The fourth-order valence-corrected chi connectivity index (χ4v) is 5.88. The van der Waals surface area contributed by atoms with Crippen molar-refractivity contribution in [3.05, 3.63) is 44.3 Å². The van der Waals surface area contributed by atoms with Crippen LogP contribution in [0, 0.1) is 0 Å². The number of fused-ring (bicyclic) bond motifs is 1. The van der Waals surface area contributed by atoms with Gasteiger partial charge in [-0.1, -0.05) is 6.07 Å². The van der Waals surface area contributed by atoms with Crippen LogP contribution >= 0.6 is 34.4 Å². The van der Waals surface area contributed by atoms with Gasteiger partial charge in [0, 0.05) is 16.3 Å². The lowest BCUT2D eigenvalue weighted by Gasteiger charge is -2.37. The molecule has 8 heteroatoms. The number of hydrogen-bond acceptors (Lipinski definition) is 6. The summed E-state index contributed by atoms with van der Waals surface area (Å²) < 4.78 is 0. The smallest absolute Gasteiger partial charge is 0.325 e. The van der Waals surface area contributed by atoms with Gasteiger partial charge in [0.1, 0.15) is 6.04 Å². The first-order chi connectivity index (χ1) is 12.7. The molecule has 26 heavy (non-hydrogen) atoms. The summed E-state index contributed by atoms with van der Waals surface area (Å²) in [6, 6.07) is 5.87. The molecule has 0 aliphatic carbocycles. The number of nitrogens with one attached hydrogen (secondary N) is 1. The van der Waals surface area contributed by atoms with Crippen molar-refractivity contribution in [3.8, 4) is 0 Å². The van der Waals surface area contributed by atoms with Gasteiger partial charge in [0.2, 0.25) is 0 Å². The van der Waals surface area contributed by atoms with Crippen molar-refractivity contribution in [2.24, 2.45) is 0 Å². The number of thiophene rings is 2. The van der Waals surface area contributed by atoms with E-state index < -0.39 is 0 Å². The predicted octanol–water partition coefficient (Wildman–Crippen LogP) is 3.39. The van der Waals surface area contributed by atoms with Crippen LogP contribution in [0.3, 0.4) is 0 Å². The van der Waals surface area contributed by atoms with Gasteiger partial charge >= 0.3 is 6.03 Å². The molecule has 3 amide bonds. The topological polar surface area (TPSA) is 52.7 Å². The van der Waals surface area contributed by atoms with Gasteiger partial charge in [0.25, 0.3) is 5.91 Å². The second kappa shape index (κ2) is 7.72. The average molecular weight is 408 g/mol. The molecule has 1 saturated heterocycles. The number of rotatable bonds is 6. The summed E-state index contributed by atoms with van der Waals surface area (Å²) in [5, 5.41) is 7.07. The third kappa shape index (κ3) is 3.31. The first-order valence-electron chi connectivity index (χ1n) is 8.63. The third-order valence-corrected chi connectivity index (χ3v) is 7.48. The van der Waals surface area contributed by atoms with Crippen LogP contribution < -0.4 is 5.32 Å². The molecule has 0 unspecified atom stereocenters. The van der Waals surface area contributed by atoms with Crippen LogP contribution in [0.1, 0.15) is 27.8 Å². The van der Waals surface area contributed by atoms with Crippen molar-refractivity contribution in [1.82, 2.24) is 15.1 Å². The summed E-state index contributed by atoms with van der Waals surface area (Å²) in [5.74, 6) is 0.773. The van der Waals surface area contributed by atoms with Crippen molar-refractivity contribution >= 4 is 46.4 Å². The second-order valence-electron chi connectivity index (χ2n) is 6.47. The SMILES string of the molecule is CSCC[C@H]1NC(=O)N(CN2CCc3sccc3[C@@H]2c2cccs2)C1=O. The van der Waals surface area contributed by atoms with E-state index in [2.05, 4.69) is 39.2 Å². The van der Waals surface area contributed by atoms with Gasteiger partial charge in [-0.05, 0) is 53.3 Å². The highest BCUT2D eigenvalue weighted by Crippen LogP contribution is 2.39. The molecule has 0 saturated carbocycles. The van der Waals surface area contributed by atoms with Crippen LogP contribution in [-0.4, -0.2) is 53.0 Å². The Labute approximate surface area is 165 Å². The van der Waals surface area contributed by atoms with Crippen molar-refractivity contribution in [2.75, 3.05) is 25.2 Å². The molecule has 2 aliphatic heterocycles. The largest absolute Gasteiger partial charge is 0.326 e. The molecule has 2 atom stereocenters. The summed E-state index contributed by atoms with van der Waals surface area (Å²) in [5.41, 5.74) is 1.31. The van der Waals surface area contributed by atoms with Gasteiger partial charge < -0.3 is 5.32 Å². The summed E-state index contributed by atoms with van der Waals surface area (Å²) >= 11 is 5.22. The fraction of sp³-hybridized carbons (Fsp3) is 0.444. The molecule has 138 valence electrons. The molecular formula is C18H21N3O2S3. The van der Waals surface area contributed by atoms with Gasteiger partial charge in [-0.3, -0.25) is 9.69 Å². The number of urea groups is 1. The van der Waals surface area contributed by atoms with Crippen LogP contribution in [0.15, 0.2) is 29.0 Å². The zero-order valence-corrected chi connectivity index (χ0v) is 17.0. The van der Waals surface area contributed by atoms with Gasteiger partial charge in [0.15, 0.2) is 0 Å². The molecule has 2 aromatic rings. The van der Waals surface area contributed by atoms with Gasteiger partial charge in [0.05, 0.1) is 12.7 Å². The van der Waals surface area contributed by atoms with Crippen molar-refractivity contribution in [1.29, 1.82) is 0 Å². The van der Waals surface area contributed by atoms with E-state index in [4.69, 9.17) is 0 Å². The number of hydrogen-bond donors (Lipinski definition) is 1. The molecule has 0 aromatic carbocycles. The maximum Gasteiger partial charge on any atom is 0.325 e. The van der Waals surface area contributed by atoms with Crippen LogP contribution in [0.25, 0.3) is 0 Å². The minimum atomic E-state index is -0.378. The minimum Gasteiger partial charge on any atom is -0.326 e. The quantitative estimate of drug-likeness (QED) is 0.746. The lowest BCUT2D eigenvalue weighted by molar-refractivity contribution is -0.129. The Morgan fingerprint density at radius 1 is 1.27 bits per heavy atom. The minimum absolute atomic E-state index is 0.0925. The third-order valence-electron chi connectivity index (χ3n) is 4.92. The number of imide groups is 1. The van der Waals surface area contributed by atoms with Gasteiger partial charge in [-0.25, -0.2) is 9.69 Å². The Kier molecular flexibility index (Phi) is 5.35. The van der Waals surface area contributed by atoms with Gasteiger partial charge in [-0.15, -0.1) is 22.7 Å². The molecule has 0 radical (unpaired) electrons. The maximum absolute atomic E-state index is 12.7. The predicted molar refractivity (Wildman–Crippen MR) is 108 cm³/mol. The molecule has 5 nitrogen and oxygen atoms in total. The Hall–Kier alpha value is -1.35. The van der Waals surface area contributed by atoms with E-state index in [9.17, 15) is 9.59 Å². The first-order valence-corrected chi connectivity index (χ1v) is 11.8. The summed E-state index contributed by atoms with van der Waals surface area (Å²) in [6.07, 6.45) is 3.66. The van der Waals surface area contributed by atoms with E-state index in [1.54, 1.807) is 34.4 Å². The van der Waals surface area contributed by atoms with Gasteiger partial charge in [-0.2, -0.15) is 11.8 Å². The van der Waals surface area contributed by atoms with Crippen molar-refractivity contribution < 1.29 is 9.59 Å². The zero-order valence-electron chi connectivity index (χ0n) is 14.5.